The first-order valence-electron chi connectivity index (χ1n) is 7.81. The predicted molar refractivity (Wildman–Crippen MR) is 90.0 cm³/mol. The molecule has 4 heteroatoms. The van der Waals surface area contributed by atoms with Crippen LogP contribution in [0.4, 0.5) is 5.82 Å². The van der Waals surface area contributed by atoms with Crippen LogP contribution < -0.4 is 10.2 Å². The maximum atomic E-state index is 4.44. The van der Waals surface area contributed by atoms with Crippen molar-refractivity contribution in [3.8, 4) is 0 Å². The molecule has 3 nitrogen and oxygen atoms in total. The van der Waals surface area contributed by atoms with Gasteiger partial charge in [0.05, 0.1) is 0 Å². The summed E-state index contributed by atoms with van der Waals surface area (Å²) in [5.74, 6) is 1.11. The van der Waals surface area contributed by atoms with E-state index in [1.54, 1.807) is 0 Å². The first-order valence-corrected chi connectivity index (χ1v) is 8.69. The van der Waals surface area contributed by atoms with E-state index >= 15 is 0 Å². The Bertz CT molecular complexity index is 544. The van der Waals surface area contributed by atoms with Gasteiger partial charge in [-0.25, -0.2) is 4.98 Å². The van der Waals surface area contributed by atoms with Crippen LogP contribution in [-0.4, -0.2) is 24.1 Å². The molecule has 3 heterocycles. The second-order valence-corrected chi connectivity index (χ2v) is 6.55. The van der Waals surface area contributed by atoms with E-state index in [-0.39, 0.29) is 0 Å². The summed E-state index contributed by atoms with van der Waals surface area (Å²) in [4.78, 5) is 8.34. The number of nitrogens with zero attached hydrogens (tertiary/aromatic N) is 2. The van der Waals surface area contributed by atoms with Crippen LogP contribution >= 0.6 is 11.3 Å². The summed E-state index contributed by atoms with van der Waals surface area (Å²) in [6.07, 6.45) is 5.41. The number of nitrogens with one attached hydrogen (secondary N) is 1. The first-order chi connectivity index (χ1) is 10.4. The van der Waals surface area contributed by atoms with Crippen molar-refractivity contribution in [3.63, 3.8) is 0 Å². The van der Waals surface area contributed by atoms with Crippen LogP contribution in [0, 0.1) is 0 Å². The molecule has 1 aliphatic rings. The van der Waals surface area contributed by atoms with E-state index < -0.39 is 0 Å². The number of anilines is 1. The molecule has 0 amide bonds. The molecule has 0 saturated carbocycles. The van der Waals surface area contributed by atoms with Gasteiger partial charge in [-0.3, -0.25) is 0 Å². The van der Waals surface area contributed by atoms with Gasteiger partial charge in [0, 0.05) is 36.8 Å². The summed E-state index contributed by atoms with van der Waals surface area (Å²) in [5.41, 5.74) is 1.50. The van der Waals surface area contributed by atoms with Crippen molar-refractivity contribution in [2.75, 3.05) is 18.0 Å². The smallest absolute Gasteiger partial charge is 0.128 e. The highest BCUT2D eigenvalue weighted by atomic mass is 32.1. The van der Waals surface area contributed by atoms with Crippen LogP contribution in [-0.2, 0) is 13.0 Å². The summed E-state index contributed by atoms with van der Waals surface area (Å²) in [5, 5.41) is 5.94. The molecule has 0 aliphatic carbocycles. The Kier molecular flexibility index (Phi) is 4.88. The van der Waals surface area contributed by atoms with Crippen LogP contribution in [0.5, 0.6) is 0 Å². The minimum absolute atomic E-state index is 0.636. The number of hydrogen-bond acceptors (Lipinski definition) is 4. The normalized spacial score (nSPS) is 16.3. The Morgan fingerprint density at radius 1 is 1.29 bits per heavy atom. The molecule has 0 atom stereocenters. The summed E-state index contributed by atoms with van der Waals surface area (Å²) >= 11 is 1.88. The van der Waals surface area contributed by atoms with Crippen molar-refractivity contribution in [1.29, 1.82) is 0 Å². The zero-order valence-corrected chi connectivity index (χ0v) is 13.4. The van der Waals surface area contributed by atoms with Gasteiger partial charge in [0.2, 0.25) is 0 Å². The van der Waals surface area contributed by atoms with Crippen LogP contribution in [0.3, 0.4) is 0 Å². The molecule has 2 aromatic heterocycles. The molecule has 1 N–H and O–H groups in total. The quantitative estimate of drug-likeness (QED) is 0.916. The minimum Gasteiger partial charge on any atom is -0.357 e. The van der Waals surface area contributed by atoms with Gasteiger partial charge in [0.15, 0.2) is 0 Å². The molecule has 3 rings (SSSR count). The van der Waals surface area contributed by atoms with Gasteiger partial charge in [0.25, 0.3) is 0 Å². The Labute approximate surface area is 131 Å². The third kappa shape index (κ3) is 3.63. The third-order valence-corrected chi connectivity index (χ3v) is 5.20. The van der Waals surface area contributed by atoms with Gasteiger partial charge in [-0.15, -0.1) is 11.3 Å². The molecule has 0 unspecified atom stereocenters. The van der Waals surface area contributed by atoms with E-state index in [9.17, 15) is 0 Å². The van der Waals surface area contributed by atoms with Crippen molar-refractivity contribution in [3.05, 3.63) is 46.3 Å². The van der Waals surface area contributed by atoms with E-state index in [2.05, 4.69) is 45.7 Å². The second-order valence-electron chi connectivity index (χ2n) is 5.55. The summed E-state index contributed by atoms with van der Waals surface area (Å²) in [6.45, 7) is 5.45. The molecule has 0 bridgehead atoms. The van der Waals surface area contributed by atoms with E-state index in [1.807, 2.05) is 23.6 Å². The highest BCUT2D eigenvalue weighted by Gasteiger charge is 2.19. The number of pyridine rings is 1. The highest BCUT2D eigenvalue weighted by Crippen LogP contribution is 2.20. The van der Waals surface area contributed by atoms with Crippen molar-refractivity contribution < 1.29 is 0 Å². The lowest BCUT2D eigenvalue weighted by Crippen LogP contribution is -2.42. The van der Waals surface area contributed by atoms with Crippen LogP contribution in [0.15, 0.2) is 35.8 Å². The SMILES string of the molecule is CCc1ccsc1CNC1CCN(c2ccccn2)CC1. The monoisotopic (exact) mass is 301 g/mol. The summed E-state index contributed by atoms with van der Waals surface area (Å²) in [6, 6.07) is 9.04. The fourth-order valence-corrected chi connectivity index (χ4v) is 3.85. The number of thiophene rings is 1. The average molecular weight is 301 g/mol. The molecule has 21 heavy (non-hydrogen) atoms. The summed E-state index contributed by atoms with van der Waals surface area (Å²) < 4.78 is 0. The lowest BCUT2D eigenvalue weighted by Gasteiger charge is -2.33. The Balaban J connectivity index is 1.48. The van der Waals surface area contributed by atoms with E-state index in [1.165, 1.54) is 23.3 Å². The molecular formula is C17H23N3S. The molecule has 0 aromatic carbocycles. The van der Waals surface area contributed by atoms with Gasteiger partial charge < -0.3 is 10.2 Å². The number of aryl methyl sites for hydroxylation is 1. The molecule has 0 radical (unpaired) electrons. The Hall–Kier alpha value is -1.39. The van der Waals surface area contributed by atoms with Crippen LogP contribution in [0.2, 0.25) is 0 Å². The number of hydrogen-bond donors (Lipinski definition) is 1. The summed E-state index contributed by atoms with van der Waals surface area (Å²) in [7, 11) is 0. The second kappa shape index (κ2) is 7.05. The third-order valence-electron chi connectivity index (χ3n) is 4.24. The maximum Gasteiger partial charge on any atom is 0.128 e. The largest absolute Gasteiger partial charge is 0.357 e. The Morgan fingerprint density at radius 3 is 2.86 bits per heavy atom. The van der Waals surface area contributed by atoms with Gasteiger partial charge >= 0.3 is 0 Å². The molecule has 2 aromatic rings. The Morgan fingerprint density at radius 2 is 2.14 bits per heavy atom. The van der Waals surface area contributed by atoms with Crippen molar-refractivity contribution in [2.45, 2.75) is 38.8 Å². The first kappa shape index (κ1) is 14.5. The fraction of sp³-hybridized carbons (Fsp3) is 0.471. The van der Waals surface area contributed by atoms with Gasteiger partial charge in [-0.1, -0.05) is 13.0 Å². The van der Waals surface area contributed by atoms with Crippen molar-refractivity contribution in [2.24, 2.45) is 0 Å². The standard InChI is InChI=1S/C17H23N3S/c1-2-14-8-12-21-16(14)13-19-15-6-10-20(11-7-15)17-5-3-4-9-18-17/h3-5,8-9,12,15,19H,2,6-7,10-11,13H2,1H3. The van der Waals surface area contributed by atoms with Gasteiger partial charge in [0.1, 0.15) is 5.82 Å². The lowest BCUT2D eigenvalue weighted by molar-refractivity contribution is 0.413. The van der Waals surface area contributed by atoms with Crippen molar-refractivity contribution in [1.82, 2.24) is 10.3 Å². The van der Waals surface area contributed by atoms with Gasteiger partial charge in [-0.05, 0) is 48.4 Å². The van der Waals surface area contributed by atoms with Crippen LogP contribution in [0.25, 0.3) is 0 Å². The van der Waals surface area contributed by atoms with E-state index in [0.29, 0.717) is 6.04 Å². The molecule has 1 saturated heterocycles. The number of rotatable bonds is 5. The fourth-order valence-electron chi connectivity index (χ4n) is 2.93. The average Bonchev–Trinajstić information content (AvgIpc) is 3.02. The van der Waals surface area contributed by atoms with E-state index in [4.69, 9.17) is 0 Å². The molecule has 112 valence electrons. The number of aromatic nitrogens is 1. The van der Waals surface area contributed by atoms with E-state index in [0.717, 1.165) is 31.9 Å². The topological polar surface area (TPSA) is 28.2 Å². The van der Waals surface area contributed by atoms with Crippen molar-refractivity contribution >= 4 is 17.2 Å². The minimum atomic E-state index is 0.636. The zero-order valence-electron chi connectivity index (χ0n) is 12.6. The molecular weight excluding hydrogens is 278 g/mol. The molecule has 0 spiro atoms. The highest BCUT2D eigenvalue weighted by molar-refractivity contribution is 7.10. The van der Waals surface area contributed by atoms with Gasteiger partial charge in [-0.2, -0.15) is 0 Å². The maximum absolute atomic E-state index is 4.44. The zero-order chi connectivity index (χ0) is 14.5. The predicted octanol–water partition coefficient (Wildman–Crippen LogP) is 3.46. The molecule has 1 fully saturated rings. The molecule has 1 aliphatic heterocycles. The lowest BCUT2D eigenvalue weighted by atomic mass is 10.0. The van der Waals surface area contributed by atoms with Crippen LogP contribution in [0.1, 0.15) is 30.2 Å². The number of piperidine rings is 1.